The van der Waals surface area contributed by atoms with Crippen LogP contribution in [0.3, 0.4) is 0 Å². The van der Waals surface area contributed by atoms with Gasteiger partial charge in [-0.1, -0.05) is 0 Å². The number of carbonyl (C=O) groups excluding carboxylic acids is 1. The number of aromatic carboxylic acids is 1. The smallest absolute Gasteiger partial charge is 0.347 e. The Morgan fingerprint density at radius 1 is 1.38 bits per heavy atom. The highest BCUT2D eigenvalue weighted by Crippen LogP contribution is 2.15. The summed E-state index contributed by atoms with van der Waals surface area (Å²) < 4.78 is 1.17. The molecule has 0 atom stereocenters. The number of carboxylic acids is 1. The maximum absolute atomic E-state index is 11.8. The lowest BCUT2D eigenvalue weighted by molar-refractivity contribution is -0.116. The molecule has 2 aromatic rings. The van der Waals surface area contributed by atoms with Gasteiger partial charge in [0.05, 0.1) is 5.56 Å². The topological polar surface area (TPSA) is 101 Å². The van der Waals surface area contributed by atoms with Crippen LogP contribution >= 0.6 is 0 Å². The summed E-state index contributed by atoms with van der Waals surface area (Å²) in [4.78, 5) is 37.7. The van der Waals surface area contributed by atoms with Gasteiger partial charge in [-0.3, -0.25) is 9.36 Å². The highest BCUT2D eigenvalue weighted by Gasteiger charge is 2.09. The van der Waals surface area contributed by atoms with Crippen LogP contribution in [0.25, 0.3) is 0 Å². The second kappa shape index (κ2) is 6.00. The molecule has 1 aromatic carbocycles. The fourth-order valence-corrected chi connectivity index (χ4v) is 1.84. The molecule has 0 bridgehead atoms. The summed E-state index contributed by atoms with van der Waals surface area (Å²) in [6.45, 7) is 1.48. The van der Waals surface area contributed by atoms with Gasteiger partial charge in [0.1, 0.15) is 6.54 Å². The zero-order chi connectivity index (χ0) is 15.4. The molecular weight excluding hydrogens is 274 g/mol. The predicted molar refractivity (Wildman–Crippen MR) is 75.3 cm³/mol. The number of carbonyl (C=O) groups is 2. The number of aryl methyl sites for hydroxylation is 1. The number of aromatic nitrogens is 2. The van der Waals surface area contributed by atoms with Crippen molar-refractivity contribution >= 4 is 17.6 Å². The molecule has 1 aromatic heterocycles. The van der Waals surface area contributed by atoms with Crippen LogP contribution in [0.4, 0.5) is 5.69 Å². The van der Waals surface area contributed by atoms with Crippen molar-refractivity contribution in [1.29, 1.82) is 0 Å². The normalized spacial score (nSPS) is 10.1. The molecule has 0 spiro atoms. The first-order valence-electron chi connectivity index (χ1n) is 6.12. The van der Waals surface area contributed by atoms with Gasteiger partial charge in [0.15, 0.2) is 0 Å². The molecule has 0 aliphatic rings. The average Bonchev–Trinajstić information content (AvgIpc) is 2.41. The molecule has 0 radical (unpaired) electrons. The Kier molecular flexibility index (Phi) is 4.13. The van der Waals surface area contributed by atoms with E-state index in [1.807, 2.05) is 0 Å². The van der Waals surface area contributed by atoms with E-state index in [2.05, 4.69) is 10.3 Å². The van der Waals surface area contributed by atoms with Crippen LogP contribution in [0, 0.1) is 6.92 Å². The summed E-state index contributed by atoms with van der Waals surface area (Å²) in [7, 11) is 0. The lowest BCUT2D eigenvalue weighted by Gasteiger charge is -2.08. The number of carboxylic acid groups (broad SMARTS) is 1. The molecule has 0 unspecified atom stereocenters. The molecule has 7 heteroatoms. The molecular formula is C14H13N3O4. The SMILES string of the molecule is Cc1cc(NC(=O)Cn2cccnc2=O)ccc1C(=O)O. The van der Waals surface area contributed by atoms with Gasteiger partial charge in [-0.25, -0.2) is 14.6 Å². The van der Waals surface area contributed by atoms with Crippen LogP contribution in [-0.2, 0) is 11.3 Å². The minimum atomic E-state index is -1.02. The van der Waals surface area contributed by atoms with Crippen molar-refractivity contribution in [3.05, 3.63) is 58.3 Å². The Morgan fingerprint density at radius 3 is 2.76 bits per heavy atom. The maximum Gasteiger partial charge on any atom is 0.347 e. The fraction of sp³-hybridized carbons (Fsp3) is 0.143. The monoisotopic (exact) mass is 287 g/mol. The highest BCUT2D eigenvalue weighted by molar-refractivity contribution is 5.93. The first kappa shape index (κ1) is 14.4. The summed E-state index contributed by atoms with van der Waals surface area (Å²) >= 11 is 0. The second-order valence-electron chi connectivity index (χ2n) is 4.41. The van der Waals surface area contributed by atoms with Gasteiger partial charge in [-0.15, -0.1) is 0 Å². The van der Waals surface area contributed by atoms with Gasteiger partial charge < -0.3 is 10.4 Å². The number of benzene rings is 1. The number of hydrogen-bond donors (Lipinski definition) is 2. The molecule has 0 fully saturated rings. The summed E-state index contributed by atoms with van der Waals surface area (Å²) in [5, 5.41) is 11.5. The average molecular weight is 287 g/mol. The molecule has 0 saturated carbocycles. The maximum atomic E-state index is 11.8. The van der Waals surface area contributed by atoms with Crippen LogP contribution in [0.15, 0.2) is 41.5 Å². The van der Waals surface area contributed by atoms with Gasteiger partial charge >= 0.3 is 11.7 Å². The van der Waals surface area contributed by atoms with Crippen molar-refractivity contribution in [3.8, 4) is 0 Å². The molecule has 0 aliphatic carbocycles. The quantitative estimate of drug-likeness (QED) is 0.869. The molecule has 1 amide bonds. The summed E-state index contributed by atoms with van der Waals surface area (Å²) in [6.07, 6.45) is 2.82. The minimum Gasteiger partial charge on any atom is -0.478 e. The Bertz CT molecular complexity index is 752. The number of amides is 1. The van der Waals surface area contributed by atoms with Crippen molar-refractivity contribution in [2.24, 2.45) is 0 Å². The molecule has 21 heavy (non-hydrogen) atoms. The molecule has 2 rings (SSSR count). The third kappa shape index (κ3) is 3.53. The summed E-state index contributed by atoms with van der Waals surface area (Å²) in [5.74, 6) is -1.42. The standard InChI is InChI=1S/C14H13N3O4/c1-9-7-10(3-4-11(9)13(19)20)16-12(18)8-17-6-2-5-15-14(17)21/h2-7H,8H2,1H3,(H,16,18)(H,19,20). The van der Waals surface area contributed by atoms with E-state index >= 15 is 0 Å². The van der Waals surface area contributed by atoms with Crippen LogP contribution in [-0.4, -0.2) is 26.5 Å². The van der Waals surface area contributed by atoms with Gasteiger partial charge in [0.25, 0.3) is 0 Å². The van der Waals surface area contributed by atoms with Crippen molar-refractivity contribution in [2.45, 2.75) is 13.5 Å². The Labute approximate surface area is 119 Å². The number of rotatable bonds is 4. The Hall–Kier alpha value is -2.96. The molecule has 0 saturated heterocycles. The van der Waals surface area contributed by atoms with Crippen molar-refractivity contribution in [2.75, 3.05) is 5.32 Å². The van der Waals surface area contributed by atoms with E-state index in [0.717, 1.165) is 0 Å². The number of anilines is 1. The largest absolute Gasteiger partial charge is 0.478 e. The van der Waals surface area contributed by atoms with E-state index in [1.165, 1.54) is 29.1 Å². The van der Waals surface area contributed by atoms with E-state index in [0.29, 0.717) is 11.3 Å². The van der Waals surface area contributed by atoms with Gasteiger partial charge in [0.2, 0.25) is 5.91 Å². The van der Waals surface area contributed by atoms with Crippen molar-refractivity contribution in [3.63, 3.8) is 0 Å². The first-order valence-corrected chi connectivity index (χ1v) is 6.12. The van der Waals surface area contributed by atoms with Gasteiger partial charge in [-0.05, 0) is 36.8 Å². The third-order valence-corrected chi connectivity index (χ3v) is 2.84. The lowest BCUT2D eigenvalue weighted by atomic mass is 10.1. The molecule has 2 N–H and O–H groups in total. The minimum absolute atomic E-state index is 0.160. The van der Waals surface area contributed by atoms with Gasteiger partial charge in [-0.2, -0.15) is 0 Å². The lowest BCUT2D eigenvalue weighted by Crippen LogP contribution is -2.28. The van der Waals surface area contributed by atoms with Crippen LogP contribution < -0.4 is 11.0 Å². The van der Waals surface area contributed by atoms with E-state index in [9.17, 15) is 14.4 Å². The first-order chi connectivity index (χ1) is 9.97. The third-order valence-electron chi connectivity index (χ3n) is 2.84. The number of hydrogen-bond acceptors (Lipinski definition) is 4. The number of nitrogens with zero attached hydrogens (tertiary/aromatic N) is 2. The molecule has 0 aliphatic heterocycles. The molecule has 1 heterocycles. The molecule has 7 nitrogen and oxygen atoms in total. The Balaban J connectivity index is 2.10. The van der Waals surface area contributed by atoms with Crippen molar-refractivity contribution in [1.82, 2.24) is 9.55 Å². The second-order valence-corrected chi connectivity index (χ2v) is 4.41. The van der Waals surface area contributed by atoms with Crippen LogP contribution in [0.2, 0.25) is 0 Å². The molecule has 108 valence electrons. The zero-order valence-electron chi connectivity index (χ0n) is 11.2. The Morgan fingerprint density at radius 2 is 2.14 bits per heavy atom. The summed E-state index contributed by atoms with van der Waals surface area (Å²) in [6, 6.07) is 6.04. The van der Waals surface area contributed by atoms with Crippen LogP contribution in [0.1, 0.15) is 15.9 Å². The highest BCUT2D eigenvalue weighted by atomic mass is 16.4. The zero-order valence-corrected chi connectivity index (χ0v) is 11.2. The van der Waals surface area contributed by atoms with E-state index in [1.54, 1.807) is 19.1 Å². The predicted octanol–water partition coefficient (Wildman–Crippen LogP) is 0.889. The van der Waals surface area contributed by atoms with Crippen molar-refractivity contribution < 1.29 is 14.7 Å². The van der Waals surface area contributed by atoms with Gasteiger partial charge in [0, 0.05) is 18.1 Å². The van der Waals surface area contributed by atoms with E-state index in [4.69, 9.17) is 5.11 Å². The van der Waals surface area contributed by atoms with Crippen LogP contribution in [0.5, 0.6) is 0 Å². The fourth-order valence-electron chi connectivity index (χ4n) is 1.84. The van der Waals surface area contributed by atoms with E-state index < -0.39 is 17.6 Å². The summed E-state index contributed by atoms with van der Waals surface area (Å²) in [5.41, 5.74) is 0.680. The number of nitrogens with one attached hydrogen (secondary N) is 1. The van der Waals surface area contributed by atoms with E-state index in [-0.39, 0.29) is 12.1 Å².